The molecule has 1 aromatic carbocycles. The van der Waals surface area contributed by atoms with Gasteiger partial charge in [-0.2, -0.15) is 0 Å². The smallest absolute Gasteiger partial charge is 0.161 e. The third-order valence-electron chi connectivity index (χ3n) is 2.61. The molecule has 1 rings (SSSR count). The molecule has 0 unspecified atom stereocenters. The fourth-order valence-corrected chi connectivity index (χ4v) is 1.69. The third kappa shape index (κ3) is 5.38. The Balaban J connectivity index is 2.35. The Morgan fingerprint density at radius 3 is 2.78 bits per heavy atom. The van der Waals surface area contributed by atoms with Gasteiger partial charge in [0.2, 0.25) is 0 Å². The minimum Gasteiger partial charge on any atom is -0.504 e. The van der Waals surface area contributed by atoms with E-state index in [1.54, 1.807) is 6.07 Å². The van der Waals surface area contributed by atoms with E-state index in [-0.39, 0.29) is 5.75 Å². The number of hydrogen-bond donors (Lipinski definition) is 2. The zero-order chi connectivity index (χ0) is 13.4. The lowest BCUT2D eigenvalue weighted by atomic mass is 10.2. The molecule has 0 aliphatic carbocycles. The molecule has 2 N–H and O–H groups in total. The van der Waals surface area contributed by atoms with Gasteiger partial charge in [0.15, 0.2) is 11.5 Å². The second kappa shape index (κ2) is 7.95. The molecule has 0 aliphatic heterocycles. The number of aromatic hydroxyl groups is 1. The molecule has 0 saturated carbocycles. The van der Waals surface area contributed by atoms with Crippen molar-refractivity contribution in [3.05, 3.63) is 23.8 Å². The van der Waals surface area contributed by atoms with Crippen LogP contribution in [0.2, 0.25) is 0 Å². The SMILES string of the molecule is CCOc1cc(CNCCCN(C)C)ccc1O. The topological polar surface area (TPSA) is 44.7 Å². The summed E-state index contributed by atoms with van der Waals surface area (Å²) in [6.07, 6.45) is 1.13. The number of rotatable bonds is 8. The van der Waals surface area contributed by atoms with E-state index in [1.807, 2.05) is 19.1 Å². The van der Waals surface area contributed by atoms with Crippen LogP contribution in [-0.4, -0.2) is 43.8 Å². The lowest BCUT2D eigenvalue weighted by molar-refractivity contribution is 0.317. The minimum absolute atomic E-state index is 0.202. The number of nitrogens with one attached hydrogen (secondary N) is 1. The second-order valence-corrected chi connectivity index (χ2v) is 4.57. The number of hydrogen-bond acceptors (Lipinski definition) is 4. The lowest BCUT2D eigenvalue weighted by Gasteiger charge is -2.11. The average molecular weight is 252 g/mol. The van der Waals surface area contributed by atoms with Gasteiger partial charge in [-0.05, 0) is 58.2 Å². The van der Waals surface area contributed by atoms with Crippen molar-refractivity contribution in [1.82, 2.24) is 10.2 Å². The van der Waals surface area contributed by atoms with Crippen LogP contribution >= 0.6 is 0 Å². The van der Waals surface area contributed by atoms with Gasteiger partial charge in [-0.1, -0.05) is 6.07 Å². The molecule has 1 aromatic rings. The number of phenols is 1. The zero-order valence-corrected chi connectivity index (χ0v) is 11.6. The fraction of sp³-hybridized carbons (Fsp3) is 0.571. The monoisotopic (exact) mass is 252 g/mol. The number of phenolic OH excluding ortho intramolecular Hbond substituents is 1. The van der Waals surface area contributed by atoms with Crippen LogP contribution < -0.4 is 10.1 Å². The van der Waals surface area contributed by atoms with E-state index in [4.69, 9.17) is 4.74 Å². The Kier molecular flexibility index (Phi) is 6.54. The largest absolute Gasteiger partial charge is 0.504 e. The molecule has 0 saturated heterocycles. The van der Waals surface area contributed by atoms with Gasteiger partial charge in [0.1, 0.15) is 0 Å². The molecule has 0 fully saturated rings. The molecule has 0 aromatic heterocycles. The minimum atomic E-state index is 0.202. The predicted molar refractivity (Wildman–Crippen MR) is 74.2 cm³/mol. The van der Waals surface area contributed by atoms with Gasteiger partial charge in [0, 0.05) is 6.54 Å². The summed E-state index contributed by atoms with van der Waals surface area (Å²) in [7, 11) is 4.16. The summed E-state index contributed by atoms with van der Waals surface area (Å²) < 4.78 is 5.35. The first-order valence-electron chi connectivity index (χ1n) is 6.43. The summed E-state index contributed by atoms with van der Waals surface area (Å²) in [5.74, 6) is 0.762. The van der Waals surface area contributed by atoms with Crippen molar-refractivity contribution >= 4 is 0 Å². The summed E-state index contributed by atoms with van der Waals surface area (Å²) in [5, 5.41) is 13.0. The Bertz CT molecular complexity index is 354. The molecule has 0 atom stereocenters. The van der Waals surface area contributed by atoms with Gasteiger partial charge >= 0.3 is 0 Å². The van der Waals surface area contributed by atoms with Crippen LogP contribution in [0.3, 0.4) is 0 Å². The van der Waals surface area contributed by atoms with Gasteiger partial charge in [-0.15, -0.1) is 0 Å². The second-order valence-electron chi connectivity index (χ2n) is 4.57. The molecule has 0 spiro atoms. The van der Waals surface area contributed by atoms with Crippen LogP contribution in [0, 0.1) is 0 Å². The van der Waals surface area contributed by atoms with Gasteiger partial charge in [-0.3, -0.25) is 0 Å². The molecule has 0 aliphatic rings. The normalized spacial score (nSPS) is 10.9. The standard InChI is InChI=1S/C14H24N2O2/c1-4-18-14-10-12(6-7-13(14)17)11-15-8-5-9-16(2)3/h6-7,10,15,17H,4-5,8-9,11H2,1-3H3. The van der Waals surface area contributed by atoms with E-state index < -0.39 is 0 Å². The van der Waals surface area contributed by atoms with Gasteiger partial charge in [0.05, 0.1) is 6.61 Å². The highest BCUT2D eigenvalue weighted by molar-refractivity contribution is 5.41. The maximum absolute atomic E-state index is 9.59. The van der Waals surface area contributed by atoms with Crippen LogP contribution in [0.4, 0.5) is 0 Å². The van der Waals surface area contributed by atoms with Gasteiger partial charge in [-0.25, -0.2) is 0 Å². The molecule has 0 amide bonds. The first-order chi connectivity index (χ1) is 8.63. The summed E-state index contributed by atoms with van der Waals surface area (Å²) in [5.41, 5.74) is 1.13. The molecule has 18 heavy (non-hydrogen) atoms. The van der Waals surface area contributed by atoms with Crippen molar-refractivity contribution < 1.29 is 9.84 Å². The Morgan fingerprint density at radius 1 is 1.33 bits per heavy atom. The molecule has 4 nitrogen and oxygen atoms in total. The maximum Gasteiger partial charge on any atom is 0.161 e. The zero-order valence-electron chi connectivity index (χ0n) is 11.6. The van der Waals surface area contributed by atoms with E-state index in [0.717, 1.165) is 31.6 Å². The first-order valence-corrected chi connectivity index (χ1v) is 6.43. The molecule has 0 radical (unpaired) electrons. The predicted octanol–water partition coefficient (Wildman–Crippen LogP) is 1.83. The van der Waals surface area contributed by atoms with Crippen LogP contribution in [0.1, 0.15) is 18.9 Å². The summed E-state index contributed by atoms with van der Waals surface area (Å²) in [6, 6.07) is 5.48. The van der Waals surface area contributed by atoms with Crippen LogP contribution in [0.5, 0.6) is 11.5 Å². The van der Waals surface area contributed by atoms with Crippen molar-refractivity contribution in [3.63, 3.8) is 0 Å². The average Bonchev–Trinajstić information content (AvgIpc) is 2.32. The van der Waals surface area contributed by atoms with Crippen LogP contribution in [-0.2, 0) is 6.54 Å². The Hall–Kier alpha value is -1.26. The number of benzene rings is 1. The number of nitrogens with zero attached hydrogens (tertiary/aromatic N) is 1. The fourth-order valence-electron chi connectivity index (χ4n) is 1.69. The summed E-state index contributed by atoms with van der Waals surface area (Å²) in [6.45, 7) is 5.35. The van der Waals surface area contributed by atoms with Crippen molar-refractivity contribution in [2.24, 2.45) is 0 Å². The van der Waals surface area contributed by atoms with Crippen LogP contribution in [0.25, 0.3) is 0 Å². The van der Waals surface area contributed by atoms with Gasteiger partial charge in [0.25, 0.3) is 0 Å². The highest BCUT2D eigenvalue weighted by Gasteiger charge is 2.03. The molecule has 102 valence electrons. The molecule has 0 heterocycles. The highest BCUT2D eigenvalue weighted by Crippen LogP contribution is 2.26. The maximum atomic E-state index is 9.59. The quantitative estimate of drug-likeness (QED) is 0.693. The van der Waals surface area contributed by atoms with E-state index in [1.165, 1.54) is 0 Å². The van der Waals surface area contributed by atoms with E-state index in [9.17, 15) is 5.11 Å². The number of ether oxygens (including phenoxy) is 1. The third-order valence-corrected chi connectivity index (χ3v) is 2.61. The molecular formula is C14H24N2O2. The van der Waals surface area contributed by atoms with Crippen molar-refractivity contribution in [2.75, 3.05) is 33.8 Å². The van der Waals surface area contributed by atoms with Crippen molar-refractivity contribution in [3.8, 4) is 11.5 Å². The molecular weight excluding hydrogens is 228 g/mol. The van der Waals surface area contributed by atoms with Crippen LogP contribution in [0.15, 0.2) is 18.2 Å². The highest BCUT2D eigenvalue weighted by atomic mass is 16.5. The van der Waals surface area contributed by atoms with E-state index in [2.05, 4.69) is 24.3 Å². The molecule has 4 heteroatoms. The summed E-state index contributed by atoms with van der Waals surface area (Å²) in [4.78, 5) is 2.18. The van der Waals surface area contributed by atoms with Crippen molar-refractivity contribution in [2.45, 2.75) is 19.9 Å². The van der Waals surface area contributed by atoms with Crippen molar-refractivity contribution in [1.29, 1.82) is 0 Å². The van der Waals surface area contributed by atoms with Gasteiger partial charge < -0.3 is 20.1 Å². The first kappa shape index (κ1) is 14.8. The summed E-state index contributed by atoms with van der Waals surface area (Å²) >= 11 is 0. The Morgan fingerprint density at radius 2 is 2.11 bits per heavy atom. The Labute approximate surface area is 110 Å². The van der Waals surface area contributed by atoms with E-state index >= 15 is 0 Å². The lowest BCUT2D eigenvalue weighted by Crippen LogP contribution is -2.21. The van der Waals surface area contributed by atoms with E-state index in [0.29, 0.717) is 12.4 Å². The molecule has 0 bridgehead atoms.